The van der Waals surface area contributed by atoms with E-state index >= 15 is 0 Å². The molecule has 31 heavy (non-hydrogen) atoms. The molecule has 0 bridgehead atoms. The van der Waals surface area contributed by atoms with Crippen LogP contribution in [0.4, 0.5) is 4.79 Å². The van der Waals surface area contributed by atoms with Crippen molar-refractivity contribution in [2.45, 2.75) is 52.4 Å². The molecule has 2 amide bonds. The molecule has 0 aliphatic carbocycles. The predicted molar refractivity (Wildman–Crippen MR) is 113 cm³/mol. The molecule has 0 fully saturated rings. The highest BCUT2D eigenvalue weighted by molar-refractivity contribution is 5.89. The van der Waals surface area contributed by atoms with Crippen molar-refractivity contribution in [3.63, 3.8) is 0 Å². The number of pyridine rings is 2. The smallest absolute Gasteiger partial charge is 0.408 e. The van der Waals surface area contributed by atoms with Crippen molar-refractivity contribution in [3.8, 4) is 0 Å². The number of hydrogen-bond donors (Lipinski definition) is 1. The van der Waals surface area contributed by atoms with Gasteiger partial charge in [-0.2, -0.15) is 0 Å². The minimum Gasteiger partial charge on any atom is -0.465 e. The number of carbonyl (C=O) groups is 3. The molecule has 2 aromatic heterocycles. The van der Waals surface area contributed by atoms with Crippen molar-refractivity contribution >= 4 is 18.0 Å². The average molecular weight is 428 g/mol. The Kier molecular flexibility index (Phi) is 8.07. The molecule has 2 aromatic rings. The molecule has 0 radical (unpaired) electrons. The monoisotopic (exact) mass is 428 g/mol. The molecule has 0 unspecified atom stereocenters. The zero-order valence-electron chi connectivity index (χ0n) is 18.4. The van der Waals surface area contributed by atoms with Crippen molar-refractivity contribution in [3.05, 3.63) is 59.7 Å². The number of carbonyl (C=O) groups excluding carboxylic acids is 3. The third-order valence-electron chi connectivity index (χ3n) is 4.09. The summed E-state index contributed by atoms with van der Waals surface area (Å²) in [5, 5.41) is 2.57. The Bertz CT molecular complexity index is 894. The lowest BCUT2D eigenvalue weighted by Crippen LogP contribution is -2.47. The number of methoxy groups -OCH3 is 1. The maximum Gasteiger partial charge on any atom is 0.408 e. The molecule has 0 saturated carbocycles. The van der Waals surface area contributed by atoms with Gasteiger partial charge >= 0.3 is 12.1 Å². The van der Waals surface area contributed by atoms with E-state index in [4.69, 9.17) is 4.74 Å². The Hall–Kier alpha value is -3.49. The molecule has 1 atom stereocenters. The summed E-state index contributed by atoms with van der Waals surface area (Å²) >= 11 is 0. The minimum absolute atomic E-state index is 0.164. The molecular weight excluding hydrogens is 400 g/mol. The first-order valence-electron chi connectivity index (χ1n) is 9.80. The number of nitrogens with zero attached hydrogens (tertiary/aromatic N) is 3. The van der Waals surface area contributed by atoms with Gasteiger partial charge in [0.1, 0.15) is 11.6 Å². The summed E-state index contributed by atoms with van der Waals surface area (Å²) < 4.78 is 9.91. The van der Waals surface area contributed by atoms with E-state index in [0.717, 1.165) is 0 Å². The number of hydrogen-bond acceptors (Lipinski definition) is 7. The first-order valence-corrected chi connectivity index (χ1v) is 9.80. The fourth-order valence-corrected chi connectivity index (χ4v) is 2.67. The van der Waals surface area contributed by atoms with Crippen molar-refractivity contribution in [2.75, 3.05) is 7.11 Å². The zero-order valence-corrected chi connectivity index (χ0v) is 18.4. The van der Waals surface area contributed by atoms with Gasteiger partial charge in [-0.15, -0.1) is 0 Å². The van der Waals surface area contributed by atoms with Crippen LogP contribution in [0.25, 0.3) is 0 Å². The molecule has 0 aliphatic heterocycles. The third-order valence-corrected chi connectivity index (χ3v) is 4.09. The summed E-state index contributed by atoms with van der Waals surface area (Å²) in [6.45, 7) is 7.21. The number of ether oxygens (including phenoxy) is 2. The molecular formula is C22H28N4O5. The molecule has 0 aromatic carbocycles. The Labute approximate surface area is 181 Å². The van der Waals surface area contributed by atoms with Crippen LogP contribution in [0.15, 0.2) is 42.7 Å². The molecule has 0 spiro atoms. The van der Waals surface area contributed by atoms with Crippen LogP contribution in [-0.4, -0.2) is 51.6 Å². The van der Waals surface area contributed by atoms with Crippen LogP contribution in [-0.2, 0) is 27.4 Å². The zero-order chi connectivity index (χ0) is 23.0. The quantitative estimate of drug-likeness (QED) is 0.675. The molecule has 2 rings (SSSR count). The van der Waals surface area contributed by atoms with Crippen LogP contribution in [0.3, 0.4) is 0 Å². The molecule has 0 saturated heterocycles. The highest BCUT2D eigenvalue weighted by Gasteiger charge is 2.25. The Balaban J connectivity index is 2.16. The van der Waals surface area contributed by atoms with Crippen LogP contribution >= 0.6 is 0 Å². The van der Waals surface area contributed by atoms with E-state index < -0.39 is 23.7 Å². The fourth-order valence-electron chi connectivity index (χ4n) is 2.67. The fraction of sp³-hybridized carbons (Fsp3) is 0.409. The summed E-state index contributed by atoms with van der Waals surface area (Å²) in [5.41, 5.74) is 0.896. The molecule has 2 heterocycles. The lowest BCUT2D eigenvalue weighted by atomic mass is 10.2. The first-order chi connectivity index (χ1) is 14.6. The van der Waals surface area contributed by atoms with Crippen LogP contribution in [0.2, 0.25) is 0 Å². The predicted octanol–water partition coefficient (Wildman–Crippen LogP) is 2.71. The molecule has 0 aliphatic rings. The van der Waals surface area contributed by atoms with Gasteiger partial charge in [-0.05, 0) is 52.0 Å². The van der Waals surface area contributed by atoms with Gasteiger partial charge in [-0.25, -0.2) is 9.59 Å². The lowest BCUT2D eigenvalue weighted by Gasteiger charge is -2.27. The second kappa shape index (κ2) is 10.5. The largest absolute Gasteiger partial charge is 0.465 e. The topological polar surface area (TPSA) is 111 Å². The Morgan fingerprint density at radius 2 is 1.74 bits per heavy atom. The normalized spacial score (nSPS) is 11.9. The Morgan fingerprint density at radius 3 is 2.26 bits per heavy atom. The van der Waals surface area contributed by atoms with E-state index in [2.05, 4.69) is 20.0 Å². The van der Waals surface area contributed by atoms with Crippen LogP contribution < -0.4 is 5.32 Å². The lowest BCUT2D eigenvalue weighted by molar-refractivity contribution is -0.134. The number of amides is 2. The second-order valence-corrected chi connectivity index (χ2v) is 7.91. The summed E-state index contributed by atoms with van der Waals surface area (Å²) in [4.78, 5) is 46.8. The van der Waals surface area contributed by atoms with Crippen molar-refractivity contribution in [1.29, 1.82) is 0 Å². The number of aromatic nitrogens is 2. The van der Waals surface area contributed by atoms with Gasteiger partial charge in [-0.1, -0.05) is 6.07 Å². The third kappa shape index (κ3) is 7.69. The van der Waals surface area contributed by atoms with E-state index in [1.807, 2.05) is 6.07 Å². The van der Waals surface area contributed by atoms with E-state index in [1.54, 1.807) is 58.2 Å². The highest BCUT2D eigenvalue weighted by atomic mass is 16.6. The molecule has 9 nitrogen and oxygen atoms in total. The first kappa shape index (κ1) is 23.8. The maximum atomic E-state index is 13.1. The highest BCUT2D eigenvalue weighted by Crippen LogP contribution is 2.12. The van der Waals surface area contributed by atoms with Gasteiger partial charge in [0.05, 0.1) is 37.2 Å². The average Bonchev–Trinajstić information content (AvgIpc) is 2.72. The van der Waals surface area contributed by atoms with E-state index in [-0.39, 0.29) is 19.0 Å². The number of alkyl carbamates (subject to hydrolysis) is 1. The number of esters is 1. The minimum atomic E-state index is -0.826. The van der Waals surface area contributed by atoms with Gasteiger partial charge in [0.25, 0.3) is 0 Å². The summed E-state index contributed by atoms with van der Waals surface area (Å²) in [6, 6.07) is 7.83. The van der Waals surface area contributed by atoms with Crippen molar-refractivity contribution in [1.82, 2.24) is 20.2 Å². The summed E-state index contributed by atoms with van der Waals surface area (Å²) in [7, 11) is 1.29. The van der Waals surface area contributed by atoms with Crippen molar-refractivity contribution < 1.29 is 23.9 Å². The maximum absolute atomic E-state index is 13.1. The SMILES string of the molecule is COC(=O)c1ccc(CN(Cc2ccccn2)C(=O)[C@H](C)NC(=O)OC(C)(C)C)nc1. The van der Waals surface area contributed by atoms with Crippen molar-refractivity contribution in [2.24, 2.45) is 0 Å². The van der Waals surface area contributed by atoms with Crippen LogP contribution in [0, 0.1) is 0 Å². The Morgan fingerprint density at radius 1 is 1.06 bits per heavy atom. The van der Waals surface area contributed by atoms with E-state index in [1.165, 1.54) is 18.2 Å². The van der Waals surface area contributed by atoms with Gasteiger partial charge < -0.3 is 19.7 Å². The van der Waals surface area contributed by atoms with Gasteiger partial charge in [0.15, 0.2) is 0 Å². The van der Waals surface area contributed by atoms with Crippen LogP contribution in [0.5, 0.6) is 0 Å². The summed E-state index contributed by atoms with van der Waals surface area (Å²) in [6.07, 6.45) is 2.36. The second-order valence-electron chi connectivity index (χ2n) is 7.91. The molecule has 166 valence electrons. The van der Waals surface area contributed by atoms with Crippen LogP contribution in [0.1, 0.15) is 49.4 Å². The van der Waals surface area contributed by atoms with E-state index in [9.17, 15) is 14.4 Å². The van der Waals surface area contributed by atoms with Gasteiger partial charge in [-0.3, -0.25) is 14.8 Å². The molecule has 1 N–H and O–H groups in total. The number of rotatable bonds is 7. The van der Waals surface area contributed by atoms with E-state index in [0.29, 0.717) is 17.0 Å². The van der Waals surface area contributed by atoms with Gasteiger partial charge in [0.2, 0.25) is 5.91 Å². The standard InChI is InChI=1S/C22H28N4O5/c1-15(25-21(29)31-22(2,3)4)19(27)26(13-17-8-6-7-11-23-17)14-18-10-9-16(12-24-18)20(28)30-5/h6-12,15H,13-14H2,1-5H3,(H,25,29)/t15-/m0/s1. The number of nitrogens with one attached hydrogen (secondary N) is 1. The van der Waals surface area contributed by atoms with Gasteiger partial charge in [0, 0.05) is 12.4 Å². The molecule has 9 heteroatoms. The summed E-state index contributed by atoms with van der Waals surface area (Å²) in [5.74, 6) is -0.814.